The van der Waals surface area contributed by atoms with Gasteiger partial charge in [-0.05, 0) is 36.8 Å². The summed E-state index contributed by atoms with van der Waals surface area (Å²) in [6.07, 6.45) is 0. The second-order valence-corrected chi connectivity index (χ2v) is 8.75. The van der Waals surface area contributed by atoms with Gasteiger partial charge in [0.05, 0.1) is 15.7 Å². The van der Waals surface area contributed by atoms with E-state index in [1.165, 1.54) is 0 Å². The molecule has 0 spiro atoms. The molecule has 0 saturated heterocycles. The molecule has 6 nitrogen and oxygen atoms in total. The first kappa shape index (κ1) is 16.4. The van der Waals surface area contributed by atoms with Gasteiger partial charge >= 0.3 is 0 Å². The second kappa shape index (κ2) is 5.45. The fourth-order valence-electron chi connectivity index (χ4n) is 3.60. The predicted molar refractivity (Wildman–Crippen MR) is 93.4 cm³/mol. The van der Waals surface area contributed by atoms with Crippen LogP contribution in [0.25, 0.3) is 0 Å². The summed E-state index contributed by atoms with van der Waals surface area (Å²) < 4.78 is 36.9. The largest absolute Gasteiger partial charge is 0.454 e. The first-order valence-corrected chi connectivity index (χ1v) is 9.61. The molecule has 1 heterocycles. The van der Waals surface area contributed by atoms with E-state index < -0.39 is 20.6 Å². The van der Waals surface area contributed by atoms with Gasteiger partial charge in [-0.2, -0.15) is 0 Å². The van der Waals surface area contributed by atoms with Crippen molar-refractivity contribution in [2.24, 2.45) is 11.5 Å². The van der Waals surface area contributed by atoms with Crippen molar-refractivity contribution in [2.75, 3.05) is 13.3 Å². The highest BCUT2D eigenvalue weighted by Gasteiger charge is 2.68. The lowest BCUT2D eigenvalue weighted by molar-refractivity contribution is 0.174. The lowest BCUT2D eigenvalue weighted by Crippen LogP contribution is -2.39. The Hall–Kier alpha value is -2.09. The maximum absolute atomic E-state index is 13.1. The minimum Gasteiger partial charge on any atom is -0.454 e. The number of benzene rings is 2. The Labute approximate surface area is 146 Å². The summed E-state index contributed by atoms with van der Waals surface area (Å²) in [5.41, 5.74) is 13.1. The summed E-state index contributed by atoms with van der Waals surface area (Å²) in [6, 6.07) is 12.2. The lowest BCUT2D eigenvalue weighted by atomic mass is 10.1. The lowest BCUT2D eigenvalue weighted by Gasteiger charge is -2.09. The van der Waals surface area contributed by atoms with Gasteiger partial charge in [-0.1, -0.05) is 23.8 Å². The number of nitrogens with two attached hydrogens (primary N) is 2. The molecule has 0 aromatic heterocycles. The van der Waals surface area contributed by atoms with E-state index in [4.69, 9.17) is 20.9 Å². The van der Waals surface area contributed by atoms with Crippen molar-refractivity contribution in [3.05, 3.63) is 53.6 Å². The molecule has 1 aliphatic carbocycles. The SMILES string of the molecule is Cc1ccc(S(=O)(=O)[C@H]2[C@H](c3ccc4c(c3)OCO4)[C@@]2(N)CN)cc1. The molecule has 4 N–H and O–H groups in total. The van der Waals surface area contributed by atoms with E-state index in [9.17, 15) is 8.42 Å². The van der Waals surface area contributed by atoms with E-state index in [2.05, 4.69) is 0 Å². The summed E-state index contributed by atoms with van der Waals surface area (Å²) in [6.45, 7) is 2.16. The molecule has 2 aromatic carbocycles. The highest BCUT2D eigenvalue weighted by molar-refractivity contribution is 7.92. The summed E-state index contributed by atoms with van der Waals surface area (Å²) in [5, 5.41) is -0.756. The van der Waals surface area contributed by atoms with Crippen LogP contribution in [0.1, 0.15) is 17.0 Å². The number of rotatable bonds is 4. The highest BCUT2D eigenvalue weighted by Crippen LogP contribution is 2.56. The van der Waals surface area contributed by atoms with E-state index in [0.29, 0.717) is 11.5 Å². The van der Waals surface area contributed by atoms with Gasteiger partial charge in [0.2, 0.25) is 6.79 Å². The molecular weight excluding hydrogens is 340 g/mol. The Morgan fingerprint density at radius 3 is 2.48 bits per heavy atom. The van der Waals surface area contributed by atoms with Crippen molar-refractivity contribution in [1.29, 1.82) is 0 Å². The molecule has 0 bridgehead atoms. The molecule has 1 aliphatic heterocycles. The summed E-state index contributed by atoms with van der Waals surface area (Å²) in [4.78, 5) is 0.273. The zero-order chi connectivity index (χ0) is 17.8. The Morgan fingerprint density at radius 2 is 1.80 bits per heavy atom. The van der Waals surface area contributed by atoms with E-state index >= 15 is 0 Å². The Balaban J connectivity index is 1.73. The molecule has 2 aromatic rings. The van der Waals surface area contributed by atoms with Crippen LogP contribution in [0, 0.1) is 6.92 Å². The van der Waals surface area contributed by atoms with Gasteiger partial charge < -0.3 is 20.9 Å². The molecular formula is C18H20N2O4S. The van der Waals surface area contributed by atoms with E-state index in [1.54, 1.807) is 36.4 Å². The smallest absolute Gasteiger partial charge is 0.231 e. The van der Waals surface area contributed by atoms with E-state index in [-0.39, 0.29) is 24.2 Å². The minimum atomic E-state index is -3.59. The van der Waals surface area contributed by atoms with Crippen molar-refractivity contribution in [1.82, 2.24) is 0 Å². The molecule has 2 aliphatic rings. The van der Waals surface area contributed by atoms with Crippen LogP contribution in [0.15, 0.2) is 47.4 Å². The van der Waals surface area contributed by atoms with Gasteiger partial charge in [0.15, 0.2) is 21.3 Å². The van der Waals surface area contributed by atoms with E-state index in [1.807, 2.05) is 13.0 Å². The zero-order valence-electron chi connectivity index (χ0n) is 13.8. The normalized spacial score (nSPS) is 27.3. The van der Waals surface area contributed by atoms with Gasteiger partial charge in [-0.25, -0.2) is 8.42 Å². The minimum absolute atomic E-state index is 0.0852. The van der Waals surface area contributed by atoms with Crippen molar-refractivity contribution in [3.63, 3.8) is 0 Å². The third-order valence-corrected chi connectivity index (χ3v) is 7.40. The fourth-order valence-corrected chi connectivity index (χ4v) is 5.92. The summed E-state index contributed by atoms with van der Waals surface area (Å²) in [5.74, 6) is 0.881. The molecule has 25 heavy (non-hydrogen) atoms. The van der Waals surface area contributed by atoms with Crippen molar-refractivity contribution in [3.8, 4) is 11.5 Å². The number of fused-ring (bicyclic) bond motifs is 1. The molecule has 3 atom stereocenters. The number of sulfone groups is 1. The van der Waals surface area contributed by atoms with Crippen molar-refractivity contribution < 1.29 is 17.9 Å². The molecule has 1 fully saturated rings. The highest BCUT2D eigenvalue weighted by atomic mass is 32.2. The first-order chi connectivity index (χ1) is 11.9. The van der Waals surface area contributed by atoms with Crippen LogP contribution < -0.4 is 20.9 Å². The van der Waals surface area contributed by atoms with Crippen LogP contribution >= 0.6 is 0 Å². The van der Waals surface area contributed by atoms with Gasteiger partial charge in [-0.15, -0.1) is 0 Å². The summed E-state index contributed by atoms with van der Waals surface area (Å²) in [7, 11) is -3.59. The van der Waals surface area contributed by atoms with Crippen molar-refractivity contribution >= 4 is 9.84 Å². The number of ether oxygens (including phenoxy) is 2. The maximum atomic E-state index is 13.1. The molecule has 1 saturated carbocycles. The Kier molecular flexibility index (Phi) is 3.57. The number of aryl methyl sites for hydroxylation is 1. The second-order valence-electron chi connectivity index (χ2n) is 6.69. The molecule has 132 valence electrons. The number of hydrogen-bond donors (Lipinski definition) is 2. The molecule has 0 amide bonds. The van der Waals surface area contributed by atoms with Crippen LogP contribution in [0.4, 0.5) is 0 Å². The molecule has 4 rings (SSSR count). The predicted octanol–water partition coefficient (Wildman–Crippen LogP) is 1.32. The Bertz CT molecular complexity index is 927. The van der Waals surface area contributed by atoms with Crippen LogP contribution in [-0.4, -0.2) is 32.5 Å². The summed E-state index contributed by atoms with van der Waals surface area (Å²) >= 11 is 0. The van der Waals surface area contributed by atoms with Gasteiger partial charge in [0.25, 0.3) is 0 Å². The van der Waals surface area contributed by atoms with Crippen LogP contribution in [0.5, 0.6) is 11.5 Å². The van der Waals surface area contributed by atoms with E-state index in [0.717, 1.165) is 11.1 Å². The van der Waals surface area contributed by atoms with Crippen molar-refractivity contribution in [2.45, 2.75) is 28.5 Å². The van der Waals surface area contributed by atoms with Gasteiger partial charge in [0.1, 0.15) is 0 Å². The zero-order valence-corrected chi connectivity index (χ0v) is 14.6. The topological polar surface area (TPSA) is 105 Å². The first-order valence-electron chi connectivity index (χ1n) is 8.07. The van der Waals surface area contributed by atoms with Gasteiger partial charge in [-0.3, -0.25) is 0 Å². The Morgan fingerprint density at radius 1 is 1.12 bits per heavy atom. The molecule has 0 unspecified atom stereocenters. The number of hydrogen-bond acceptors (Lipinski definition) is 6. The van der Waals surface area contributed by atoms with Crippen LogP contribution in [-0.2, 0) is 9.84 Å². The quantitative estimate of drug-likeness (QED) is 0.852. The molecule has 0 radical (unpaired) electrons. The monoisotopic (exact) mass is 360 g/mol. The van der Waals surface area contributed by atoms with Gasteiger partial charge in [0, 0.05) is 12.5 Å². The standard InChI is InChI=1S/C18H20N2O4S/c1-11-2-5-13(6-3-11)25(21,22)17-16(18(17,20)9-19)12-4-7-14-15(8-12)24-10-23-14/h2-8,16-17H,9-10,19-20H2,1H3/t16-,17-,18-/m0/s1. The molecule has 7 heteroatoms. The van der Waals surface area contributed by atoms with Crippen LogP contribution in [0.3, 0.4) is 0 Å². The van der Waals surface area contributed by atoms with Crippen LogP contribution in [0.2, 0.25) is 0 Å². The third-order valence-electron chi connectivity index (χ3n) is 5.10. The third kappa shape index (κ3) is 2.42. The average Bonchev–Trinajstić information content (AvgIpc) is 2.99. The fraction of sp³-hybridized carbons (Fsp3) is 0.333. The average molecular weight is 360 g/mol. The maximum Gasteiger partial charge on any atom is 0.231 e.